The molecule has 3 aromatic rings. The van der Waals surface area contributed by atoms with Crippen LogP contribution in [0.2, 0.25) is 0 Å². The van der Waals surface area contributed by atoms with Crippen molar-refractivity contribution in [2.45, 2.75) is 59.2 Å². The fourth-order valence-corrected chi connectivity index (χ4v) is 4.46. The number of amides is 2. The van der Waals surface area contributed by atoms with Gasteiger partial charge in [-0.25, -0.2) is 4.98 Å². The Morgan fingerprint density at radius 2 is 1.78 bits per heavy atom. The molecule has 32 heavy (non-hydrogen) atoms. The third-order valence-electron chi connectivity index (χ3n) is 5.38. The quantitative estimate of drug-likeness (QED) is 0.430. The van der Waals surface area contributed by atoms with Crippen LogP contribution in [0, 0.1) is 0 Å². The third-order valence-corrected chi connectivity index (χ3v) is 5.87. The largest absolute Gasteiger partial charge is 0.352 e. The van der Waals surface area contributed by atoms with Gasteiger partial charge in [0.25, 0.3) is 5.91 Å². The van der Waals surface area contributed by atoms with Gasteiger partial charge in [-0.2, -0.15) is 0 Å². The fraction of sp³-hybridized carbons (Fsp3) is 0.400. The van der Waals surface area contributed by atoms with Crippen LogP contribution in [0.3, 0.4) is 0 Å². The van der Waals surface area contributed by atoms with Gasteiger partial charge in [0.15, 0.2) is 0 Å². The zero-order chi connectivity index (χ0) is 23.3. The summed E-state index contributed by atoms with van der Waals surface area (Å²) in [5.74, 6) is 0.852. The Morgan fingerprint density at radius 3 is 2.47 bits per heavy atom. The second-order valence-corrected chi connectivity index (χ2v) is 9.38. The number of hydrogen-bond donors (Lipinski definition) is 1. The number of rotatable bonds is 9. The second kappa shape index (κ2) is 10.8. The lowest BCUT2D eigenvalue weighted by Crippen LogP contribution is -2.43. The number of carbonyl (C=O) groups excluding carboxylic acids is 2. The number of carbonyl (C=O) groups is 2. The van der Waals surface area contributed by atoms with Crippen LogP contribution in [0.25, 0.3) is 11.0 Å². The van der Waals surface area contributed by atoms with Crippen molar-refractivity contribution in [3.05, 3.63) is 64.4 Å². The predicted molar refractivity (Wildman–Crippen MR) is 132 cm³/mol. The summed E-state index contributed by atoms with van der Waals surface area (Å²) in [7, 11) is 0. The second-order valence-electron chi connectivity index (χ2n) is 8.46. The van der Waals surface area contributed by atoms with Crippen LogP contribution < -0.4 is 5.32 Å². The number of nitrogens with zero attached hydrogens (tertiary/aromatic N) is 3. The molecule has 170 valence electrons. The summed E-state index contributed by atoms with van der Waals surface area (Å²) in [6, 6.07) is 15.5. The number of hydrogen-bond acceptors (Lipinski definition) is 3. The first kappa shape index (κ1) is 24.0. The van der Waals surface area contributed by atoms with Crippen molar-refractivity contribution in [2.75, 3.05) is 6.54 Å². The zero-order valence-electron chi connectivity index (χ0n) is 19.1. The lowest BCUT2D eigenvalue weighted by atomic mass is 10.2. The van der Waals surface area contributed by atoms with Crippen LogP contribution in [0.15, 0.2) is 53.0 Å². The molecule has 0 saturated carbocycles. The molecule has 1 aromatic heterocycles. The topological polar surface area (TPSA) is 67.2 Å². The molecule has 6 nitrogen and oxygen atoms in total. The Morgan fingerprint density at radius 1 is 1.06 bits per heavy atom. The van der Waals surface area contributed by atoms with E-state index in [9.17, 15) is 9.59 Å². The van der Waals surface area contributed by atoms with Gasteiger partial charge in [-0.3, -0.25) is 9.59 Å². The number of nitrogens with one attached hydrogen (secondary N) is 1. The lowest BCUT2D eigenvalue weighted by molar-refractivity contribution is -0.135. The monoisotopic (exact) mass is 498 g/mol. The SMILES string of the molecule is CC(C)N(C(=O)Cn1c(CCCNC(=O)c2cccc(Br)c2)nc2ccccc21)C(C)C. The molecule has 3 rings (SSSR count). The number of imidazole rings is 1. The molecular weight excluding hydrogens is 468 g/mol. The molecule has 0 radical (unpaired) electrons. The fourth-order valence-electron chi connectivity index (χ4n) is 4.06. The van der Waals surface area contributed by atoms with Crippen molar-refractivity contribution in [1.82, 2.24) is 19.8 Å². The highest BCUT2D eigenvalue weighted by Gasteiger charge is 2.22. The molecule has 0 aliphatic carbocycles. The van der Waals surface area contributed by atoms with Crippen molar-refractivity contribution in [1.29, 1.82) is 0 Å². The Labute approximate surface area is 198 Å². The van der Waals surface area contributed by atoms with E-state index < -0.39 is 0 Å². The average molecular weight is 499 g/mol. The third kappa shape index (κ3) is 5.76. The summed E-state index contributed by atoms with van der Waals surface area (Å²) in [5.41, 5.74) is 2.47. The van der Waals surface area contributed by atoms with E-state index in [0.29, 0.717) is 18.5 Å². The summed E-state index contributed by atoms with van der Waals surface area (Å²) in [6.45, 7) is 8.96. The number of halogens is 1. The first-order chi connectivity index (χ1) is 15.3. The van der Waals surface area contributed by atoms with Crippen LogP contribution in [-0.2, 0) is 17.8 Å². The average Bonchev–Trinajstić information content (AvgIpc) is 3.07. The van der Waals surface area contributed by atoms with E-state index in [2.05, 4.69) is 21.2 Å². The van der Waals surface area contributed by atoms with Crippen molar-refractivity contribution < 1.29 is 9.59 Å². The number of para-hydroxylation sites is 2. The minimum Gasteiger partial charge on any atom is -0.352 e. The molecule has 0 aliphatic rings. The molecule has 0 spiro atoms. The van der Waals surface area contributed by atoms with E-state index in [-0.39, 0.29) is 30.4 Å². The van der Waals surface area contributed by atoms with Gasteiger partial charge in [0.2, 0.25) is 5.91 Å². The van der Waals surface area contributed by atoms with E-state index in [1.807, 2.05) is 73.6 Å². The van der Waals surface area contributed by atoms with Crippen LogP contribution in [0.4, 0.5) is 0 Å². The maximum absolute atomic E-state index is 13.1. The minimum atomic E-state index is -0.0977. The molecule has 0 atom stereocenters. The minimum absolute atomic E-state index is 0.0855. The maximum atomic E-state index is 13.1. The first-order valence-corrected chi connectivity index (χ1v) is 11.9. The summed E-state index contributed by atoms with van der Waals surface area (Å²) in [5, 5.41) is 2.97. The molecule has 0 aliphatic heterocycles. The van der Waals surface area contributed by atoms with Crippen LogP contribution in [0.1, 0.15) is 50.3 Å². The molecular formula is C25H31BrN4O2. The predicted octanol–water partition coefficient (Wildman–Crippen LogP) is 4.81. The summed E-state index contributed by atoms with van der Waals surface area (Å²) in [4.78, 5) is 32.2. The van der Waals surface area contributed by atoms with E-state index in [0.717, 1.165) is 27.8 Å². The molecule has 1 heterocycles. The summed E-state index contributed by atoms with van der Waals surface area (Å²) in [6.07, 6.45) is 1.40. The van der Waals surface area contributed by atoms with Crippen molar-refractivity contribution in [2.24, 2.45) is 0 Å². The van der Waals surface area contributed by atoms with Gasteiger partial charge in [0.05, 0.1) is 11.0 Å². The van der Waals surface area contributed by atoms with E-state index in [1.54, 1.807) is 12.1 Å². The summed E-state index contributed by atoms with van der Waals surface area (Å²) >= 11 is 3.39. The van der Waals surface area contributed by atoms with E-state index >= 15 is 0 Å². The van der Waals surface area contributed by atoms with Gasteiger partial charge < -0.3 is 14.8 Å². The summed E-state index contributed by atoms with van der Waals surface area (Å²) < 4.78 is 2.89. The standard InChI is InChI=1S/C25H31BrN4O2/c1-17(2)30(18(3)4)24(31)16-29-22-12-6-5-11-21(22)28-23(29)13-8-14-27-25(32)19-9-7-10-20(26)15-19/h5-7,9-12,15,17-18H,8,13-14,16H2,1-4H3,(H,27,32). The van der Waals surface area contributed by atoms with Gasteiger partial charge >= 0.3 is 0 Å². The number of fused-ring (bicyclic) bond motifs is 1. The molecule has 7 heteroatoms. The zero-order valence-corrected chi connectivity index (χ0v) is 20.7. The highest BCUT2D eigenvalue weighted by molar-refractivity contribution is 9.10. The van der Waals surface area contributed by atoms with Crippen molar-refractivity contribution in [3.8, 4) is 0 Å². The number of aryl methyl sites for hydroxylation is 1. The first-order valence-electron chi connectivity index (χ1n) is 11.1. The molecule has 0 unspecified atom stereocenters. The highest BCUT2D eigenvalue weighted by atomic mass is 79.9. The van der Waals surface area contributed by atoms with Gasteiger partial charge in [0, 0.05) is 35.1 Å². The van der Waals surface area contributed by atoms with Gasteiger partial charge in [-0.05, 0) is 64.4 Å². The Hall–Kier alpha value is -2.67. The maximum Gasteiger partial charge on any atom is 0.251 e. The molecule has 0 bridgehead atoms. The highest BCUT2D eigenvalue weighted by Crippen LogP contribution is 2.19. The molecule has 0 saturated heterocycles. The number of benzene rings is 2. The molecule has 0 fully saturated rings. The van der Waals surface area contributed by atoms with Crippen LogP contribution >= 0.6 is 15.9 Å². The smallest absolute Gasteiger partial charge is 0.251 e. The van der Waals surface area contributed by atoms with Gasteiger partial charge in [0.1, 0.15) is 12.4 Å². The number of aromatic nitrogens is 2. The normalized spacial score (nSPS) is 11.3. The van der Waals surface area contributed by atoms with E-state index in [1.165, 1.54) is 0 Å². The van der Waals surface area contributed by atoms with Crippen LogP contribution in [0.5, 0.6) is 0 Å². The Balaban J connectivity index is 1.70. The Bertz CT molecular complexity index is 1080. The van der Waals surface area contributed by atoms with Gasteiger partial charge in [-0.1, -0.05) is 34.1 Å². The lowest BCUT2D eigenvalue weighted by Gasteiger charge is -2.31. The molecule has 2 aromatic carbocycles. The van der Waals surface area contributed by atoms with Crippen LogP contribution in [-0.4, -0.2) is 44.9 Å². The van der Waals surface area contributed by atoms with Gasteiger partial charge in [-0.15, -0.1) is 0 Å². The van der Waals surface area contributed by atoms with Crippen molar-refractivity contribution >= 4 is 38.8 Å². The van der Waals surface area contributed by atoms with Crippen molar-refractivity contribution in [3.63, 3.8) is 0 Å². The molecule has 1 N–H and O–H groups in total. The Kier molecular flexibility index (Phi) is 8.07. The van der Waals surface area contributed by atoms with E-state index in [4.69, 9.17) is 4.98 Å². The molecule has 2 amide bonds.